The van der Waals surface area contributed by atoms with Crippen LogP contribution in [0.15, 0.2) is 0 Å². The van der Waals surface area contributed by atoms with E-state index < -0.39 is 7.26 Å². The maximum Gasteiger partial charge on any atom is 0.0825 e. The van der Waals surface area contributed by atoms with Crippen LogP contribution in [0.3, 0.4) is 0 Å². The number of hydrogen-bond donors (Lipinski definition) is 2. The number of aliphatic hydroxyl groups is 1. The van der Waals surface area contributed by atoms with E-state index in [1.165, 1.54) is 134 Å². The van der Waals surface area contributed by atoms with E-state index in [1.807, 2.05) is 0 Å². The predicted octanol–water partition coefficient (Wildman–Crippen LogP) is 9.66. The van der Waals surface area contributed by atoms with Gasteiger partial charge in [-0.05, 0) is 38.5 Å². The van der Waals surface area contributed by atoms with Crippen LogP contribution in [0.2, 0.25) is 0 Å². The van der Waals surface area contributed by atoms with Crippen molar-refractivity contribution in [3.8, 4) is 0 Å². The van der Waals surface area contributed by atoms with Gasteiger partial charge in [-0.3, -0.25) is 0 Å². The van der Waals surface area contributed by atoms with Gasteiger partial charge in [-0.25, -0.2) is 0 Å². The molecule has 0 spiro atoms. The summed E-state index contributed by atoms with van der Waals surface area (Å²) >= 11 is 0. The Morgan fingerprint density at radius 1 is 0.433 bits per heavy atom. The first-order valence-corrected chi connectivity index (χ1v) is 15.7. The van der Waals surface area contributed by atoms with Gasteiger partial charge in [-0.1, -0.05) is 97.8 Å². The topological polar surface area (TPSA) is 55.2 Å². The average Bonchev–Trinajstić information content (AvgIpc) is 2.70. The minimum Gasteiger partial charge on any atom is -0.393 e. The zero-order valence-corrected chi connectivity index (χ0v) is 23.0. The molecule has 2 nitrogen and oxygen atoms in total. The van der Waals surface area contributed by atoms with Crippen molar-refractivity contribution in [1.29, 1.82) is 0 Å². The Morgan fingerprint density at radius 3 is 0.967 bits per heavy atom. The fourth-order valence-corrected chi connectivity index (χ4v) is 9.01. The van der Waals surface area contributed by atoms with Gasteiger partial charge >= 0.3 is 0 Å². The molecule has 0 radical (unpaired) electrons. The quantitative estimate of drug-likeness (QED) is 0.116. The van der Waals surface area contributed by atoms with Crippen LogP contribution in [0.5, 0.6) is 0 Å². The van der Waals surface area contributed by atoms with Gasteiger partial charge in [-0.2, -0.15) is 0 Å². The standard InChI is InChI=1S/C26H56OP.ClH.H3N/c1-4-7-10-13-16-19-23-28(26-22-27,24-20-17-14-11-8-5-2)25-21-18-15-12-9-6-3;;/h27H,4-26H2,1-3H3;1H;1H3/q+1;;. The van der Waals surface area contributed by atoms with Crippen LogP contribution >= 0.6 is 19.7 Å². The van der Waals surface area contributed by atoms with Crippen molar-refractivity contribution < 1.29 is 5.11 Å². The highest BCUT2D eigenvalue weighted by molar-refractivity contribution is 7.75. The molecule has 4 N–H and O–H groups in total. The largest absolute Gasteiger partial charge is 0.393 e. The van der Waals surface area contributed by atoms with Gasteiger partial charge in [0.25, 0.3) is 0 Å². The smallest absolute Gasteiger partial charge is 0.0825 e. The van der Waals surface area contributed by atoms with Crippen molar-refractivity contribution in [2.75, 3.05) is 31.3 Å². The molecule has 0 aromatic heterocycles. The van der Waals surface area contributed by atoms with Crippen LogP contribution in [0, 0.1) is 0 Å². The number of unbranched alkanes of at least 4 members (excludes halogenated alkanes) is 15. The zero-order chi connectivity index (χ0) is 20.8. The summed E-state index contributed by atoms with van der Waals surface area (Å²) in [7, 11) is -0.913. The SMILES string of the molecule is CCCCCCCC[P+](CCO)(CCCCCCCC)CCCCCCCC.Cl.N. The van der Waals surface area contributed by atoms with Crippen molar-refractivity contribution in [3.05, 3.63) is 0 Å². The highest BCUT2D eigenvalue weighted by Crippen LogP contribution is 2.60. The van der Waals surface area contributed by atoms with E-state index in [0.717, 1.165) is 6.16 Å². The van der Waals surface area contributed by atoms with Crippen molar-refractivity contribution >= 4 is 19.7 Å². The van der Waals surface area contributed by atoms with Gasteiger partial charge in [0.05, 0.1) is 31.3 Å². The Bertz CT molecular complexity index is 264. The maximum absolute atomic E-state index is 9.85. The second kappa shape index (κ2) is 27.7. The van der Waals surface area contributed by atoms with Gasteiger partial charge in [0, 0.05) is 7.26 Å². The molecule has 0 aromatic rings. The number of aliphatic hydroxyl groups excluding tert-OH is 1. The highest BCUT2D eigenvalue weighted by Gasteiger charge is 2.34. The van der Waals surface area contributed by atoms with Crippen LogP contribution in [0.1, 0.15) is 136 Å². The molecule has 0 atom stereocenters. The first kappa shape index (κ1) is 35.2. The third-order valence-electron chi connectivity index (χ3n) is 6.53. The van der Waals surface area contributed by atoms with Gasteiger partial charge < -0.3 is 11.3 Å². The van der Waals surface area contributed by atoms with Crippen LogP contribution in [-0.4, -0.2) is 36.4 Å². The van der Waals surface area contributed by atoms with E-state index in [0.29, 0.717) is 6.61 Å². The summed E-state index contributed by atoms with van der Waals surface area (Å²) in [6, 6.07) is 0. The molecule has 30 heavy (non-hydrogen) atoms. The minimum absolute atomic E-state index is 0. The Balaban J connectivity index is -0.00000364. The molecule has 4 heteroatoms. The molecule has 0 amide bonds. The molecule has 0 saturated heterocycles. The number of halogens is 1. The second-order valence-corrected chi connectivity index (χ2v) is 13.7. The first-order valence-electron chi connectivity index (χ1n) is 13.2. The third-order valence-corrected chi connectivity index (χ3v) is 11.5. The first-order chi connectivity index (χ1) is 13.7. The van der Waals surface area contributed by atoms with Crippen LogP contribution in [0.25, 0.3) is 0 Å². The molecular formula is C26H60ClNOP+. The molecule has 0 unspecified atom stereocenters. The van der Waals surface area contributed by atoms with Crippen LogP contribution in [0.4, 0.5) is 0 Å². The summed E-state index contributed by atoms with van der Waals surface area (Å²) in [4.78, 5) is 0. The van der Waals surface area contributed by atoms with E-state index in [-0.39, 0.29) is 18.6 Å². The molecule has 0 aliphatic carbocycles. The summed E-state index contributed by atoms with van der Waals surface area (Å²) in [5.74, 6) is 0. The number of hydrogen-bond acceptors (Lipinski definition) is 2. The van der Waals surface area contributed by atoms with Crippen molar-refractivity contribution in [1.82, 2.24) is 6.15 Å². The van der Waals surface area contributed by atoms with Gasteiger partial charge in [-0.15, -0.1) is 12.4 Å². The second-order valence-electron chi connectivity index (χ2n) is 9.26. The van der Waals surface area contributed by atoms with Crippen molar-refractivity contribution in [3.63, 3.8) is 0 Å². The molecular weight excluding hydrogens is 409 g/mol. The molecule has 0 aromatic carbocycles. The normalized spacial score (nSPS) is 11.2. The van der Waals surface area contributed by atoms with E-state index in [9.17, 15) is 5.11 Å². The van der Waals surface area contributed by atoms with Crippen LogP contribution in [-0.2, 0) is 0 Å². The fraction of sp³-hybridized carbons (Fsp3) is 1.00. The summed E-state index contributed by atoms with van der Waals surface area (Å²) in [6.45, 7) is 7.35. The third kappa shape index (κ3) is 21.9. The number of rotatable bonds is 23. The average molecular weight is 469 g/mol. The summed E-state index contributed by atoms with van der Waals surface area (Å²) in [5, 5.41) is 9.85. The molecule has 0 bridgehead atoms. The molecule has 0 rings (SSSR count). The van der Waals surface area contributed by atoms with Crippen LogP contribution < -0.4 is 6.15 Å². The fourth-order valence-electron chi connectivity index (χ4n) is 4.57. The Hall–Kier alpha value is 0.640. The van der Waals surface area contributed by atoms with Crippen molar-refractivity contribution in [2.24, 2.45) is 0 Å². The lowest BCUT2D eigenvalue weighted by Gasteiger charge is -2.27. The lowest BCUT2D eigenvalue weighted by molar-refractivity contribution is 0.320. The van der Waals surface area contributed by atoms with Gasteiger partial charge in [0.1, 0.15) is 0 Å². The lowest BCUT2D eigenvalue weighted by atomic mass is 10.1. The zero-order valence-electron chi connectivity index (χ0n) is 21.3. The van der Waals surface area contributed by atoms with E-state index in [4.69, 9.17) is 0 Å². The Kier molecular flexibility index (Phi) is 32.5. The molecule has 0 aliphatic heterocycles. The van der Waals surface area contributed by atoms with E-state index in [1.54, 1.807) is 0 Å². The minimum atomic E-state index is -0.913. The molecule has 186 valence electrons. The summed E-state index contributed by atoms with van der Waals surface area (Å²) in [6.07, 6.45) is 31.0. The van der Waals surface area contributed by atoms with Crippen molar-refractivity contribution in [2.45, 2.75) is 136 Å². The highest BCUT2D eigenvalue weighted by atomic mass is 35.5. The lowest BCUT2D eigenvalue weighted by Crippen LogP contribution is -2.15. The maximum atomic E-state index is 9.85. The van der Waals surface area contributed by atoms with Gasteiger partial charge in [0.15, 0.2) is 0 Å². The molecule has 0 aliphatic rings. The summed E-state index contributed by atoms with van der Waals surface area (Å²) in [5.41, 5.74) is 0. The Morgan fingerprint density at radius 2 is 0.700 bits per heavy atom. The van der Waals surface area contributed by atoms with Gasteiger partial charge in [0.2, 0.25) is 0 Å². The molecule has 0 fully saturated rings. The predicted molar refractivity (Wildman–Crippen MR) is 146 cm³/mol. The monoisotopic (exact) mass is 468 g/mol. The van der Waals surface area contributed by atoms with E-state index in [2.05, 4.69) is 20.8 Å². The summed E-state index contributed by atoms with van der Waals surface area (Å²) < 4.78 is 0. The molecule has 0 saturated carbocycles. The Labute approximate surface area is 198 Å². The van der Waals surface area contributed by atoms with E-state index >= 15 is 0 Å². The molecule has 0 heterocycles.